The fourth-order valence-corrected chi connectivity index (χ4v) is 8.83. The van der Waals surface area contributed by atoms with E-state index < -0.39 is 22.6 Å². The van der Waals surface area contributed by atoms with E-state index in [-0.39, 0.29) is 35.7 Å². The lowest BCUT2D eigenvalue weighted by atomic mass is 9.78. The lowest BCUT2D eigenvalue weighted by Crippen LogP contribution is -2.55. The summed E-state index contributed by atoms with van der Waals surface area (Å²) in [6.07, 6.45) is 17.8. The van der Waals surface area contributed by atoms with Crippen molar-refractivity contribution in [3.8, 4) is 0 Å². The van der Waals surface area contributed by atoms with E-state index >= 15 is 0 Å². The molecule has 2 amide bonds. The van der Waals surface area contributed by atoms with E-state index in [1.807, 2.05) is 11.0 Å². The van der Waals surface area contributed by atoms with Crippen LogP contribution >= 0.6 is 11.8 Å². The number of likely N-dealkylation sites (tertiary alicyclic amines) is 1. The lowest BCUT2D eigenvalue weighted by Gasteiger charge is -2.39. The number of aliphatic hydroxyl groups is 1. The maximum Gasteiger partial charge on any atom is 0.311 e. The van der Waals surface area contributed by atoms with E-state index in [0.29, 0.717) is 26.1 Å². The average molecular weight is 503 g/mol. The van der Waals surface area contributed by atoms with E-state index in [1.165, 1.54) is 6.42 Å². The zero-order chi connectivity index (χ0) is 24.4. The molecular formula is C27H38N2O5S. The van der Waals surface area contributed by atoms with Gasteiger partial charge in [0.05, 0.1) is 23.2 Å². The van der Waals surface area contributed by atoms with Crippen molar-refractivity contribution in [3.63, 3.8) is 0 Å². The number of nitrogens with zero attached hydrogens (tertiary/aromatic N) is 2. The quantitative estimate of drug-likeness (QED) is 0.327. The highest BCUT2D eigenvalue weighted by molar-refractivity contribution is 8.02. The minimum atomic E-state index is -0.744. The molecule has 7 nitrogen and oxygen atoms in total. The Bertz CT molecular complexity index is 885. The maximum absolute atomic E-state index is 14.3. The number of hydrogen-bond donors (Lipinski definition) is 1. The number of rotatable bonds is 7. The molecule has 5 atom stereocenters. The molecule has 4 aliphatic heterocycles. The van der Waals surface area contributed by atoms with E-state index in [9.17, 15) is 14.4 Å². The predicted octanol–water partition coefficient (Wildman–Crippen LogP) is 3.07. The van der Waals surface area contributed by atoms with Gasteiger partial charge in [-0.2, -0.15) is 0 Å². The average Bonchev–Trinajstić information content (AvgIpc) is 3.23. The summed E-state index contributed by atoms with van der Waals surface area (Å²) < 4.78 is 4.80. The monoisotopic (exact) mass is 502 g/mol. The summed E-state index contributed by atoms with van der Waals surface area (Å²) in [7, 11) is 0. The van der Waals surface area contributed by atoms with Crippen LogP contribution in [0.25, 0.3) is 0 Å². The minimum absolute atomic E-state index is 0.0484. The Kier molecular flexibility index (Phi) is 7.58. The molecule has 5 rings (SSSR count). The van der Waals surface area contributed by atoms with Gasteiger partial charge in [0.2, 0.25) is 11.8 Å². The number of carbonyl (C=O) groups is 3. The summed E-state index contributed by atoms with van der Waals surface area (Å²) >= 11 is 1.63. The van der Waals surface area contributed by atoms with Gasteiger partial charge in [-0.05, 0) is 32.1 Å². The first-order chi connectivity index (χ1) is 17.1. The zero-order valence-corrected chi connectivity index (χ0v) is 21.3. The van der Waals surface area contributed by atoms with Crippen molar-refractivity contribution in [3.05, 3.63) is 24.3 Å². The Balaban J connectivity index is 1.49. The van der Waals surface area contributed by atoms with Crippen molar-refractivity contribution < 1.29 is 24.2 Å². The van der Waals surface area contributed by atoms with E-state index in [4.69, 9.17) is 9.84 Å². The standard InChI is InChI=1S/C27H38N2O5S/c30-17-8-2-1-7-15-29-23-25(32)28(19-11-4-3-5-12-19)16-10-14-27(23)22(24(29)31)21-20(35-27)13-6-9-18-34-26(21)33/h6,10,13-14,19-23,30H,1-5,7-9,11-12,15-18H2/t20-,21+,22-,23?,27-/m0/s1. The summed E-state index contributed by atoms with van der Waals surface area (Å²) in [5.74, 6) is -1.48. The van der Waals surface area contributed by atoms with Crippen LogP contribution in [0.4, 0.5) is 0 Å². The van der Waals surface area contributed by atoms with Crippen molar-refractivity contribution in [2.24, 2.45) is 11.8 Å². The first-order valence-corrected chi connectivity index (χ1v) is 14.4. The number of amides is 2. The number of fused-ring (bicyclic) bond motifs is 2. The van der Waals surface area contributed by atoms with Gasteiger partial charge in [0, 0.05) is 31.0 Å². The topological polar surface area (TPSA) is 87.2 Å². The fourth-order valence-electron chi connectivity index (χ4n) is 6.83. The number of aliphatic hydroxyl groups excluding tert-OH is 1. The Morgan fingerprint density at radius 2 is 1.83 bits per heavy atom. The molecule has 4 heterocycles. The van der Waals surface area contributed by atoms with Crippen molar-refractivity contribution in [1.82, 2.24) is 9.80 Å². The SMILES string of the molecule is O=C1OCCC=C[C@@H]2S[C@]34C=CCN(C5CCCCC5)C(=O)C3N(CCCCCCO)C(=O)[C@@H]4[C@H]12. The van der Waals surface area contributed by atoms with Crippen LogP contribution in [0.5, 0.6) is 0 Å². The third-order valence-electron chi connectivity index (χ3n) is 8.47. The second kappa shape index (κ2) is 10.7. The van der Waals surface area contributed by atoms with Crippen molar-refractivity contribution >= 4 is 29.5 Å². The molecule has 35 heavy (non-hydrogen) atoms. The van der Waals surface area contributed by atoms with Crippen LogP contribution in [-0.2, 0) is 19.1 Å². The molecule has 192 valence electrons. The molecule has 0 aromatic rings. The van der Waals surface area contributed by atoms with Crippen LogP contribution in [0.3, 0.4) is 0 Å². The Labute approximate surface area is 212 Å². The van der Waals surface area contributed by atoms with Crippen LogP contribution in [0.1, 0.15) is 64.2 Å². The Morgan fingerprint density at radius 1 is 1.03 bits per heavy atom. The first kappa shape index (κ1) is 24.9. The molecule has 8 heteroatoms. The highest BCUT2D eigenvalue weighted by Gasteiger charge is 2.71. The van der Waals surface area contributed by atoms with Crippen LogP contribution < -0.4 is 0 Å². The van der Waals surface area contributed by atoms with E-state index in [0.717, 1.165) is 51.4 Å². The summed E-state index contributed by atoms with van der Waals surface area (Å²) in [4.78, 5) is 45.3. The molecule has 1 unspecified atom stereocenters. The van der Waals surface area contributed by atoms with Crippen molar-refractivity contribution in [1.29, 1.82) is 0 Å². The van der Waals surface area contributed by atoms with Crippen molar-refractivity contribution in [2.45, 2.75) is 86.3 Å². The van der Waals surface area contributed by atoms with Crippen molar-refractivity contribution in [2.75, 3.05) is 26.3 Å². The molecule has 5 aliphatic rings. The third-order valence-corrected chi connectivity index (χ3v) is 10.2. The lowest BCUT2D eigenvalue weighted by molar-refractivity contribution is -0.153. The number of esters is 1. The zero-order valence-electron chi connectivity index (χ0n) is 20.5. The van der Waals surface area contributed by atoms with Gasteiger partial charge in [-0.1, -0.05) is 56.4 Å². The number of unbranched alkanes of at least 4 members (excludes halogenated alkanes) is 3. The number of hydrogen-bond acceptors (Lipinski definition) is 6. The first-order valence-electron chi connectivity index (χ1n) is 13.5. The highest BCUT2D eigenvalue weighted by Crippen LogP contribution is 2.61. The highest BCUT2D eigenvalue weighted by atomic mass is 32.2. The van der Waals surface area contributed by atoms with Gasteiger partial charge in [-0.15, -0.1) is 11.8 Å². The van der Waals surface area contributed by atoms with Gasteiger partial charge >= 0.3 is 5.97 Å². The summed E-state index contributed by atoms with van der Waals surface area (Å²) in [6, 6.07) is -0.362. The number of thioether (sulfide) groups is 1. The van der Waals surface area contributed by atoms with Gasteiger partial charge in [0.1, 0.15) is 6.04 Å². The minimum Gasteiger partial charge on any atom is -0.465 e. The molecule has 0 aromatic heterocycles. The summed E-state index contributed by atoms with van der Waals surface area (Å²) in [6.45, 7) is 1.59. The summed E-state index contributed by atoms with van der Waals surface area (Å²) in [5, 5.41) is 8.94. The Morgan fingerprint density at radius 3 is 2.63 bits per heavy atom. The normalized spacial score (nSPS) is 35.3. The third kappa shape index (κ3) is 4.45. The second-order valence-corrected chi connectivity index (χ2v) is 12.1. The maximum atomic E-state index is 14.3. The van der Waals surface area contributed by atoms with Gasteiger partial charge in [-0.3, -0.25) is 14.4 Å². The molecule has 1 aliphatic carbocycles. The number of carbonyl (C=O) groups excluding carboxylic acids is 3. The summed E-state index contributed by atoms with van der Waals surface area (Å²) in [5.41, 5.74) is 0. The van der Waals surface area contributed by atoms with Crippen LogP contribution in [0, 0.1) is 11.8 Å². The fraction of sp³-hybridized carbons (Fsp3) is 0.741. The molecule has 3 fully saturated rings. The van der Waals surface area contributed by atoms with Gasteiger partial charge in [0.15, 0.2) is 0 Å². The predicted molar refractivity (Wildman–Crippen MR) is 135 cm³/mol. The van der Waals surface area contributed by atoms with Crippen LogP contribution in [-0.4, -0.2) is 81.1 Å². The largest absolute Gasteiger partial charge is 0.465 e. The molecule has 0 radical (unpaired) electrons. The molecular weight excluding hydrogens is 464 g/mol. The van der Waals surface area contributed by atoms with Crippen LogP contribution in [0.15, 0.2) is 24.3 Å². The molecule has 2 saturated heterocycles. The van der Waals surface area contributed by atoms with E-state index in [2.05, 4.69) is 18.2 Å². The molecule has 1 N–H and O–H groups in total. The smallest absolute Gasteiger partial charge is 0.311 e. The molecule has 0 bridgehead atoms. The van der Waals surface area contributed by atoms with Gasteiger partial charge in [0.25, 0.3) is 0 Å². The Hall–Kier alpha value is -1.80. The number of cyclic esters (lactones) is 1. The molecule has 1 saturated carbocycles. The van der Waals surface area contributed by atoms with Gasteiger partial charge < -0.3 is 19.6 Å². The van der Waals surface area contributed by atoms with E-state index in [1.54, 1.807) is 16.7 Å². The van der Waals surface area contributed by atoms with Crippen LogP contribution in [0.2, 0.25) is 0 Å². The van der Waals surface area contributed by atoms with Gasteiger partial charge in [-0.25, -0.2) is 0 Å². The number of ether oxygens (including phenoxy) is 1. The molecule has 1 spiro atoms. The second-order valence-electron chi connectivity index (χ2n) is 10.6. The molecule has 0 aromatic carbocycles.